The van der Waals surface area contributed by atoms with E-state index < -0.39 is 29.7 Å². The molecule has 1 heterocycles. The van der Waals surface area contributed by atoms with Crippen LogP contribution < -0.4 is 0 Å². The Kier molecular flexibility index (Phi) is 3.27. The molecule has 1 unspecified atom stereocenters. The number of aliphatic hydroxyl groups is 1. The van der Waals surface area contributed by atoms with Gasteiger partial charge in [0.1, 0.15) is 18.5 Å². The van der Waals surface area contributed by atoms with Gasteiger partial charge in [0.05, 0.1) is 6.54 Å². The van der Waals surface area contributed by atoms with Gasteiger partial charge in [0.15, 0.2) is 0 Å². The first-order valence-corrected chi connectivity index (χ1v) is 5.20. The summed E-state index contributed by atoms with van der Waals surface area (Å²) in [5.41, 5.74) is -3.62. The summed E-state index contributed by atoms with van der Waals surface area (Å²) in [6.07, 6.45) is -2.82. The number of nitrogens with zero attached hydrogens (tertiary/aromatic N) is 3. The first-order chi connectivity index (χ1) is 8.83. The number of aromatic nitrogens is 3. The Morgan fingerprint density at radius 3 is 2.26 bits per heavy atom. The quantitative estimate of drug-likeness (QED) is 0.870. The van der Waals surface area contributed by atoms with Crippen LogP contribution in [-0.2, 0) is 12.1 Å². The van der Waals surface area contributed by atoms with Crippen LogP contribution in [-0.4, -0.2) is 26.0 Å². The molecule has 0 aliphatic heterocycles. The van der Waals surface area contributed by atoms with Gasteiger partial charge in [-0.15, -0.1) is 0 Å². The maximum Gasteiger partial charge on any atom is 0.423 e. The molecule has 102 valence electrons. The minimum atomic E-state index is -4.93. The summed E-state index contributed by atoms with van der Waals surface area (Å²) in [5, 5.41) is 13.5. The molecule has 19 heavy (non-hydrogen) atoms. The van der Waals surface area contributed by atoms with E-state index in [0.717, 1.165) is 41.6 Å². The molecule has 0 radical (unpaired) electrons. The van der Waals surface area contributed by atoms with Crippen molar-refractivity contribution < 1.29 is 22.7 Å². The van der Waals surface area contributed by atoms with Crippen LogP contribution in [0, 0.1) is 5.82 Å². The molecule has 4 nitrogen and oxygen atoms in total. The second-order valence-corrected chi connectivity index (χ2v) is 3.96. The van der Waals surface area contributed by atoms with E-state index in [4.69, 9.17) is 0 Å². The standard InChI is InChI=1S/C11H9F4N3O/c12-9-3-1-8(2-4-9)10(19,11(13,14)15)5-18-7-16-6-17-18/h1-4,6-7,19H,5H2. The SMILES string of the molecule is OC(Cn1cncn1)(c1ccc(F)cc1)C(F)(F)F. The number of hydrogen-bond donors (Lipinski definition) is 1. The second-order valence-electron chi connectivity index (χ2n) is 3.96. The van der Waals surface area contributed by atoms with Gasteiger partial charge in [0, 0.05) is 0 Å². The van der Waals surface area contributed by atoms with Crippen molar-refractivity contribution in [1.29, 1.82) is 0 Å². The van der Waals surface area contributed by atoms with Crippen LogP contribution in [0.2, 0.25) is 0 Å². The topological polar surface area (TPSA) is 50.9 Å². The Morgan fingerprint density at radius 2 is 1.79 bits per heavy atom. The van der Waals surface area contributed by atoms with E-state index in [0.29, 0.717) is 0 Å². The third-order valence-corrected chi connectivity index (χ3v) is 2.65. The third kappa shape index (κ3) is 2.58. The van der Waals surface area contributed by atoms with Gasteiger partial charge in [-0.05, 0) is 17.7 Å². The molecule has 1 aromatic heterocycles. The normalized spacial score (nSPS) is 15.2. The van der Waals surface area contributed by atoms with E-state index in [9.17, 15) is 22.7 Å². The van der Waals surface area contributed by atoms with Crippen LogP contribution in [0.25, 0.3) is 0 Å². The van der Waals surface area contributed by atoms with Gasteiger partial charge in [-0.1, -0.05) is 12.1 Å². The highest BCUT2D eigenvalue weighted by atomic mass is 19.4. The van der Waals surface area contributed by atoms with Gasteiger partial charge in [-0.2, -0.15) is 18.3 Å². The van der Waals surface area contributed by atoms with Crippen LogP contribution >= 0.6 is 0 Å². The van der Waals surface area contributed by atoms with E-state index in [1.165, 1.54) is 0 Å². The van der Waals surface area contributed by atoms with Crippen molar-refractivity contribution in [2.24, 2.45) is 0 Å². The molecule has 0 aliphatic carbocycles. The molecular formula is C11H9F4N3O. The van der Waals surface area contributed by atoms with E-state index in [1.54, 1.807) is 0 Å². The van der Waals surface area contributed by atoms with Crippen molar-refractivity contribution in [1.82, 2.24) is 14.8 Å². The minimum Gasteiger partial charge on any atom is -0.375 e. The van der Waals surface area contributed by atoms with Gasteiger partial charge in [0.25, 0.3) is 0 Å². The predicted molar refractivity (Wildman–Crippen MR) is 56.4 cm³/mol. The summed E-state index contributed by atoms with van der Waals surface area (Å²) < 4.78 is 52.8. The summed E-state index contributed by atoms with van der Waals surface area (Å²) >= 11 is 0. The lowest BCUT2D eigenvalue weighted by Gasteiger charge is -2.30. The summed E-state index contributed by atoms with van der Waals surface area (Å²) in [5.74, 6) is -0.686. The number of benzene rings is 1. The first kappa shape index (κ1) is 13.5. The Balaban J connectivity index is 2.43. The summed E-state index contributed by atoms with van der Waals surface area (Å²) in [6.45, 7) is -0.859. The molecule has 0 saturated carbocycles. The molecule has 2 rings (SSSR count). The Morgan fingerprint density at radius 1 is 1.16 bits per heavy atom. The largest absolute Gasteiger partial charge is 0.423 e. The van der Waals surface area contributed by atoms with Gasteiger partial charge in [-0.3, -0.25) is 0 Å². The zero-order valence-corrected chi connectivity index (χ0v) is 9.47. The number of alkyl halides is 3. The molecule has 0 saturated heterocycles. The van der Waals surface area contributed by atoms with E-state index in [2.05, 4.69) is 10.1 Å². The van der Waals surface area contributed by atoms with Crippen molar-refractivity contribution in [3.05, 3.63) is 48.3 Å². The van der Waals surface area contributed by atoms with E-state index in [1.807, 2.05) is 0 Å². The van der Waals surface area contributed by atoms with E-state index in [-0.39, 0.29) is 0 Å². The molecule has 1 atom stereocenters. The zero-order valence-electron chi connectivity index (χ0n) is 9.47. The van der Waals surface area contributed by atoms with Gasteiger partial charge < -0.3 is 5.11 Å². The molecular weight excluding hydrogens is 266 g/mol. The lowest BCUT2D eigenvalue weighted by Crippen LogP contribution is -2.46. The van der Waals surface area contributed by atoms with E-state index >= 15 is 0 Å². The Bertz CT molecular complexity index is 538. The average Bonchev–Trinajstić information content (AvgIpc) is 2.81. The summed E-state index contributed by atoms with van der Waals surface area (Å²) in [7, 11) is 0. The Labute approximate surface area is 105 Å². The Hall–Kier alpha value is -1.96. The van der Waals surface area contributed by atoms with Crippen LogP contribution in [0.1, 0.15) is 5.56 Å². The smallest absolute Gasteiger partial charge is 0.375 e. The first-order valence-electron chi connectivity index (χ1n) is 5.20. The van der Waals surface area contributed by atoms with Gasteiger partial charge >= 0.3 is 6.18 Å². The van der Waals surface area contributed by atoms with Crippen molar-refractivity contribution in [3.8, 4) is 0 Å². The fourth-order valence-corrected chi connectivity index (χ4v) is 1.62. The molecule has 1 N–H and O–H groups in total. The minimum absolute atomic E-state index is 0.461. The lowest BCUT2D eigenvalue weighted by molar-refractivity contribution is -0.272. The number of halogens is 4. The third-order valence-electron chi connectivity index (χ3n) is 2.65. The second kappa shape index (κ2) is 4.61. The number of rotatable bonds is 3. The monoisotopic (exact) mass is 275 g/mol. The summed E-state index contributed by atoms with van der Waals surface area (Å²) in [6, 6.07) is 3.49. The number of hydrogen-bond acceptors (Lipinski definition) is 3. The molecule has 0 bridgehead atoms. The summed E-state index contributed by atoms with van der Waals surface area (Å²) in [4.78, 5) is 3.51. The van der Waals surface area contributed by atoms with Crippen LogP contribution in [0.5, 0.6) is 0 Å². The van der Waals surface area contributed by atoms with Gasteiger partial charge in [-0.25, -0.2) is 14.1 Å². The maximum absolute atomic E-state index is 13.1. The van der Waals surface area contributed by atoms with Gasteiger partial charge in [0.2, 0.25) is 5.60 Å². The molecule has 0 aliphatic rings. The van der Waals surface area contributed by atoms with Crippen molar-refractivity contribution >= 4 is 0 Å². The maximum atomic E-state index is 13.1. The molecule has 0 spiro atoms. The molecule has 1 aromatic carbocycles. The molecule has 2 aromatic rings. The predicted octanol–water partition coefficient (Wildman–Crippen LogP) is 1.87. The fraction of sp³-hybridized carbons (Fsp3) is 0.273. The highest BCUT2D eigenvalue weighted by molar-refractivity contribution is 5.24. The van der Waals surface area contributed by atoms with Crippen molar-refractivity contribution in [2.45, 2.75) is 18.3 Å². The molecule has 0 fully saturated rings. The molecule has 0 amide bonds. The fourth-order valence-electron chi connectivity index (χ4n) is 1.62. The van der Waals surface area contributed by atoms with Crippen LogP contribution in [0.15, 0.2) is 36.9 Å². The van der Waals surface area contributed by atoms with Crippen molar-refractivity contribution in [3.63, 3.8) is 0 Å². The highest BCUT2D eigenvalue weighted by Gasteiger charge is 2.55. The molecule has 8 heteroatoms. The average molecular weight is 275 g/mol. The van der Waals surface area contributed by atoms with Crippen LogP contribution in [0.4, 0.5) is 17.6 Å². The zero-order chi connectivity index (χ0) is 14.1. The lowest BCUT2D eigenvalue weighted by atomic mass is 9.93. The highest BCUT2D eigenvalue weighted by Crippen LogP contribution is 2.40. The van der Waals surface area contributed by atoms with Crippen LogP contribution in [0.3, 0.4) is 0 Å². The van der Waals surface area contributed by atoms with Crippen molar-refractivity contribution in [2.75, 3.05) is 0 Å².